The predicted octanol–water partition coefficient (Wildman–Crippen LogP) is 16.8. The maximum Gasteiger partial charge on any atom is 0.410 e. The number of likely N-dealkylation sites (tertiary alicyclic amines) is 4. The Morgan fingerprint density at radius 3 is 1.18 bits per heavy atom. The van der Waals surface area contributed by atoms with Crippen LogP contribution in [0.3, 0.4) is 0 Å². The predicted molar refractivity (Wildman–Crippen MR) is 511 cm³/mol. The van der Waals surface area contributed by atoms with Crippen LogP contribution in [0.4, 0.5) is 24.0 Å². The summed E-state index contributed by atoms with van der Waals surface area (Å²) in [6, 6.07) is 25.2. The number of alkyl carbamates (subject to hydrolysis) is 4. The molecule has 35 heteroatoms. The number of fused-ring (bicyclic) bond motifs is 12. The van der Waals surface area contributed by atoms with E-state index >= 15 is 0 Å². The molecule has 6 aromatic carbocycles. The zero-order valence-electron chi connectivity index (χ0n) is 81.2. The average Bonchev–Trinajstić information content (AvgIpc) is 1.43. The van der Waals surface area contributed by atoms with E-state index in [2.05, 4.69) is 133 Å². The van der Waals surface area contributed by atoms with Gasteiger partial charge in [-0.1, -0.05) is 131 Å². The molecule has 16 atom stereocenters. The van der Waals surface area contributed by atoms with Crippen LogP contribution in [-0.4, -0.2) is 231 Å². The van der Waals surface area contributed by atoms with Gasteiger partial charge in [-0.2, -0.15) is 0 Å². The van der Waals surface area contributed by atoms with E-state index in [0.717, 1.165) is 155 Å². The Morgan fingerprint density at radius 2 is 0.809 bits per heavy atom. The van der Waals surface area contributed by atoms with Gasteiger partial charge in [0.15, 0.2) is 0 Å². The number of carboxylic acids is 1. The first-order chi connectivity index (χ1) is 65.1. The second-order valence-electron chi connectivity index (χ2n) is 38.3. The van der Waals surface area contributed by atoms with Crippen molar-refractivity contribution in [3.8, 4) is 56.3 Å². The number of carbonyl (C=O) groups is 9. The van der Waals surface area contributed by atoms with E-state index in [0.29, 0.717) is 83.5 Å². The molecule has 16 rings (SSSR count). The van der Waals surface area contributed by atoms with Crippen LogP contribution < -0.4 is 30.7 Å². The molecule has 6 aliphatic rings. The highest BCUT2D eigenvalue weighted by atomic mass is 16.6. The van der Waals surface area contributed by atoms with Crippen molar-refractivity contribution in [3.05, 3.63) is 132 Å². The maximum atomic E-state index is 14.2. The molecule has 8 amide bonds. The van der Waals surface area contributed by atoms with Crippen LogP contribution in [0.2, 0.25) is 0 Å². The lowest BCUT2D eigenvalue weighted by molar-refractivity contribution is -0.141. The van der Waals surface area contributed by atoms with E-state index in [4.69, 9.17) is 62.9 Å². The molecular weight excluding hydrogens is 1740 g/mol. The van der Waals surface area contributed by atoms with Gasteiger partial charge in [-0.15, -0.1) is 0 Å². The summed E-state index contributed by atoms with van der Waals surface area (Å²) in [6.07, 6.45) is 6.41. The molecule has 0 bridgehead atoms. The van der Waals surface area contributed by atoms with Crippen LogP contribution in [0.15, 0.2) is 97.3 Å². The Balaban J connectivity index is 0.000000193. The van der Waals surface area contributed by atoms with Crippen molar-refractivity contribution < 1.29 is 90.9 Å². The Kier molecular flexibility index (Phi) is 30.9. The fraction of sp³-hybridized carbons (Fsp3) is 0.515. The van der Waals surface area contributed by atoms with Gasteiger partial charge in [0.1, 0.15) is 77.8 Å². The Bertz CT molecular complexity index is 6060. The molecule has 0 radical (unpaired) electrons. The molecular formula is C101H130N16O19. The number of rotatable bonds is 26. The Morgan fingerprint density at radius 1 is 0.449 bits per heavy atom. The number of carbonyl (C=O) groups excluding carboxylic acids is 8. The molecule has 10 aromatic rings. The van der Waals surface area contributed by atoms with Gasteiger partial charge in [0.2, 0.25) is 17.7 Å². The minimum absolute atomic E-state index is 0.0690. The second kappa shape index (κ2) is 42.5. The highest BCUT2D eigenvalue weighted by molar-refractivity contribution is 6.08. The van der Waals surface area contributed by atoms with Crippen LogP contribution >= 0.6 is 0 Å². The molecule has 0 aliphatic carbocycles. The van der Waals surface area contributed by atoms with Gasteiger partial charge in [-0.3, -0.25) is 19.3 Å². The number of carboxylic acid groups (broad SMARTS) is 1. The van der Waals surface area contributed by atoms with Crippen LogP contribution in [-0.2, 0) is 65.5 Å². The number of benzene rings is 6. The van der Waals surface area contributed by atoms with Gasteiger partial charge < -0.3 is 104 Å². The zero-order chi connectivity index (χ0) is 97.6. The van der Waals surface area contributed by atoms with Crippen LogP contribution in [0.5, 0.6) is 11.5 Å². The first kappa shape index (κ1) is 98.9. The van der Waals surface area contributed by atoms with Crippen molar-refractivity contribution in [2.24, 2.45) is 47.3 Å². The number of aromatic amines is 4. The number of imidazole rings is 4. The number of amides is 8. The number of nitrogens with one attached hydrogen (secondary N) is 8. The number of ether oxygens (including phenoxy) is 9. The highest BCUT2D eigenvalue weighted by Gasteiger charge is 2.47. The third-order valence-corrected chi connectivity index (χ3v) is 27.6. The SMILES string of the molecule is CC[C@H](C)C(NC(=O)OC)C(=O)N1C[C@@H](COC)C[C@H]1c1nc2c(ccc3cc4c(cc32)OCc2cc(-c3cnc(C5C[C@H](C)CN5C(=O)[C@@H](NC(=O)OC)[C@@H](C)CC)[nH]3)ccc2-4)[nH]1.CC[C@H](C)[C@H](NC(=O)OC)C(=O)N1C[C@@H](C)CC1c1ncc(-c2ccc3c(c2)COc2cc4c(ccc5[nH]c([C@@H]6C[C@H](COC)CN6C(=O)OC(C)(C)C)nc54)cc2-3)[nH]1.CC[C@H](C)[C@H](NC(=O)OC)C(=O)O. The molecule has 9 N–H and O–H groups in total. The topological polar surface area (TPSA) is 433 Å². The zero-order valence-corrected chi connectivity index (χ0v) is 81.2. The molecule has 0 saturated carbocycles. The lowest BCUT2D eigenvalue weighted by Crippen LogP contribution is -2.51. The van der Waals surface area contributed by atoms with E-state index in [1.165, 1.54) is 28.4 Å². The van der Waals surface area contributed by atoms with Gasteiger partial charge in [0.25, 0.3) is 0 Å². The first-order valence-corrected chi connectivity index (χ1v) is 47.2. The third kappa shape index (κ3) is 21.3. The van der Waals surface area contributed by atoms with Crippen molar-refractivity contribution in [2.75, 3.05) is 82.1 Å². The molecule has 3 unspecified atom stereocenters. The van der Waals surface area contributed by atoms with Crippen LogP contribution in [0.25, 0.3) is 88.4 Å². The molecule has 136 heavy (non-hydrogen) atoms. The fourth-order valence-corrected chi connectivity index (χ4v) is 19.5. The normalized spacial score (nSPS) is 20.5. The van der Waals surface area contributed by atoms with E-state index < -0.39 is 60.1 Å². The minimum Gasteiger partial charge on any atom is -0.488 e. The number of nitrogens with zero attached hydrogens (tertiary/aromatic N) is 8. The molecule has 728 valence electrons. The summed E-state index contributed by atoms with van der Waals surface area (Å²) in [5.41, 5.74) is 12.6. The van der Waals surface area contributed by atoms with E-state index in [-0.39, 0.29) is 95.3 Å². The van der Waals surface area contributed by atoms with Crippen molar-refractivity contribution in [2.45, 2.75) is 209 Å². The molecule has 4 aromatic heterocycles. The van der Waals surface area contributed by atoms with Crippen molar-refractivity contribution in [1.82, 2.24) is 80.7 Å². The summed E-state index contributed by atoms with van der Waals surface area (Å²) in [6.45, 7) is 29.3. The number of aliphatic carboxylic acids is 1. The van der Waals surface area contributed by atoms with E-state index in [1.54, 1.807) is 26.0 Å². The number of aromatic nitrogens is 8. The maximum absolute atomic E-state index is 14.2. The quantitative estimate of drug-likeness (QED) is 0.0227. The minimum atomic E-state index is -1.04. The summed E-state index contributed by atoms with van der Waals surface area (Å²) in [5, 5.41) is 23.3. The lowest BCUT2D eigenvalue weighted by Gasteiger charge is -2.30. The summed E-state index contributed by atoms with van der Waals surface area (Å²) >= 11 is 0. The summed E-state index contributed by atoms with van der Waals surface area (Å²) in [5.74, 6) is 3.32. The smallest absolute Gasteiger partial charge is 0.410 e. The van der Waals surface area contributed by atoms with Gasteiger partial charge >= 0.3 is 36.4 Å². The monoisotopic (exact) mass is 1870 g/mol. The van der Waals surface area contributed by atoms with E-state index in [1.807, 2.05) is 108 Å². The highest BCUT2D eigenvalue weighted by Crippen LogP contribution is 2.48. The van der Waals surface area contributed by atoms with Gasteiger partial charge in [0.05, 0.1) is 112 Å². The Labute approximate surface area is 791 Å². The molecule has 35 nitrogen and oxygen atoms in total. The van der Waals surface area contributed by atoms with E-state index in [9.17, 15) is 43.2 Å². The van der Waals surface area contributed by atoms with Gasteiger partial charge in [-0.25, -0.2) is 48.7 Å². The number of hydrogen-bond donors (Lipinski definition) is 9. The Hall–Kier alpha value is -13.1. The largest absolute Gasteiger partial charge is 0.488 e. The second-order valence-corrected chi connectivity index (χ2v) is 38.3. The summed E-state index contributed by atoms with van der Waals surface area (Å²) in [7, 11) is 8.45. The third-order valence-electron chi connectivity index (χ3n) is 27.6. The van der Waals surface area contributed by atoms with Crippen molar-refractivity contribution in [1.29, 1.82) is 0 Å². The molecule has 6 aliphatic heterocycles. The van der Waals surface area contributed by atoms with Crippen molar-refractivity contribution in [3.63, 3.8) is 0 Å². The molecule has 10 heterocycles. The molecule has 0 spiro atoms. The summed E-state index contributed by atoms with van der Waals surface area (Å²) in [4.78, 5) is 155. The number of methoxy groups -OCH3 is 6. The number of hydrogen-bond acceptors (Lipinski definition) is 22. The summed E-state index contributed by atoms with van der Waals surface area (Å²) < 4.78 is 48.6. The van der Waals surface area contributed by atoms with Gasteiger partial charge in [-0.05, 0) is 175 Å². The standard InChI is InChI=1S/C48H60N8O8.C45H55N7O7.C8H15NO4/c1-9-26(4)40(53-47(59)62-7)45(57)55-21-25(3)15-37(55)43-49-20-36(51-43)30-11-13-32-31(17-30)24-64-39-19-33-29(18-34(32)39)12-14-35-42(33)52-44(50-35)38-16-28(23-61-6)22-56(38)46(58)41(27(5)10-2)54-48(60)63-8;1-9-25(3)38(50-43(54)57-8)42(53)51-20-24(2)14-35(51)40-46-19-34(48-40)28-10-12-30-29(16-28)23-58-37-18-31-27(17-32(30)37)11-13-33-39(31)49-41(47-33)36-15-26(22-56-7)21-52(36)44(55)59-45(4,5)6;1-4-5(2)6(7(10)11)9-8(12)13-3/h11-14,17-20,25-28,37-38,40-41H,9-10,15-16,21-24H2,1-8H3,(H,49,51)(H,50,52)(H,53,59)(H,54,60);10-13,16-19,24-26,35-36,38H,9,14-15,20-23H2,1-8H3,(H,46,48)(H,47,49)(H,50,54);5-6H,4H2,1-3H3,(H,9,12)(H,10,11)/t25-,26-,27-,28-,37?,38-,40-,41?;24-,25-,26-,35?,36-,38-;5-,6-/m000/s1. The van der Waals surface area contributed by atoms with Crippen LogP contribution in [0, 0.1) is 47.3 Å². The average molecular weight is 1870 g/mol. The van der Waals surface area contributed by atoms with Crippen LogP contribution in [0.1, 0.15) is 200 Å². The lowest BCUT2D eigenvalue weighted by atomic mass is 9.92. The first-order valence-electron chi connectivity index (χ1n) is 47.2. The number of H-pyrrole nitrogens is 4. The van der Waals surface area contributed by atoms with Crippen molar-refractivity contribution >= 4 is 97.8 Å². The molecule has 4 saturated heterocycles. The fourth-order valence-electron chi connectivity index (χ4n) is 19.5. The molecule has 4 fully saturated rings. The van der Waals surface area contributed by atoms with Gasteiger partial charge in [0, 0.05) is 74.1 Å².